The third-order valence-electron chi connectivity index (χ3n) is 4.92. The molecule has 1 saturated heterocycles. The molecule has 0 radical (unpaired) electrons. The molecule has 4 rings (SSSR count). The summed E-state index contributed by atoms with van der Waals surface area (Å²) in [6.07, 6.45) is 1.25. The molecule has 7 heteroatoms. The van der Waals surface area contributed by atoms with Gasteiger partial charge in [-0.1, -0.05) is 12.1 Å². The van der Waals surface area contributed by atoms with Crippen LogP contribution in [0.2, 0.25) is 0 Å². The second-order valence-corrected chi connectivity index (χ2v) is 6.75. The number of allylic oxidation sites excluding steroid dienone is 1. The number of morpholine rings is 1. The largest absolute Gasteiger partial charge is 0.497 e. The molecule has 0 bridgehead atoms. The number of carbonyl (C=O) groups excluding carboxylic acids is 2. The molecule has 0 spiro atoms. The molecular weight excluding hydrogens is 374 g/mol. The number of ketones is 1. The third kappa shape index (κ3) is 3.82. The van der Waals surface area contributed by atoms with Crippen LogP contribution in [-0.2, 0) is 4.74 Å². The van der Waals surface area contributed by atoms with Gasteiger partial charge in [0.15, 0.2) is 5.76 Å². The maximum Gasteiger partial charge on any atom is 0.415 e. The number of ether oxygens (including phenoxy) is 4. The van der Waals surface area contributed by atoms with Crippen LogP contribution in [0.1, 0.15) is 21.5 Å². The molecule has 0 saturated carbocycles. The SMILES string of the molecule is COc1ccc(/C=C2/Oc3c(ccc(OC(=O)N4CCOCC4)c3C)C2=O)cc1. The fourth-order valence-electron chi connectivity index (χ4n) is 3.23. The van der Waals surface area contributed by atoms with E-state index >= 15 is 0 Å². The fourth-order valence-corrected chi connectivity index (χ4v) is 3.23. The molecule has 150 valence electrons. The first-order chi connectivity index (χ1) is 14.1. The predicted molar refractivity (Wildman–Crippen MR) is 106 cm³/mol. The Morgan fingerprint density at radius 2 is 1.83 bits per heavy atom. The monoisotopic (exact) mass is 395 g/mol. The van der Waals surface area contributed by atoms with Crippen LogP contribution in [0, 0.1) is 6.92 Å². The number of Topliss-reactive ketones (excluding diaryl/α,β-unsaturated/α-hetero) is 1. The van der Waals surface area contributed by atoms with Crippen LogP contribution in [0.3, 0.4) is 0 Å². The standard InChI is InChI=1S/C22H21NO6/c1-14-18(29-22(25)23-9-11-27-12-10-23)8-7-17-20(24)19(28-21(14)17)13-15-3-5-16(26-2)6-4-15/h3-8,13H,9-12H2,1-2H3/b19-13+. The summed E-state index contributed by atoms with van der Waals surface area (Å²) in [6, 6.07) is 10.6. The minimum absolute atomic E-state index is 0.204. The van der Waals surface area contributed by atoms with E-state index in [1.807, 2.05) is 24.3 Å². The zero-order valence-corrected chi connectivity index (χ0v) is 16.3. The van der Waals surface area contributed by atoms with Crippen molar-refractivity contribution in [2.45, 2.75) is 6.92 Å². The van der Waals surface area contributed by atoms with Crippen LogP contribution < -0.4 is 14.2 Å². The molecule has 2 aromatic carbocycles. The number of benzene rings is 2. The Bertz CT molecular complexity index is 974. The van der Waals surface area contributed by atoms with Gasteiger partial charge < -0.3 is 23.8 Å². The van der Waals surface area contributed by atoms with E-state index < -0.39 is 6.09 Å². The number of nitrogens with zero attached hydrogens (tertiary/aromatic N) is 1. The van der Waals surface area contributed by atoms with Gasteiger partial charge in [0.25, 0.3) is 0 Å². The lowest BCUT2D eigenvalue weighted by Gasteiger charge is -2.26. The van der Waals surface area contributed by atoms with Crippen molar-refractivity contribution >= 4 is 18.0 Å². The van der Waals surface area contributed by atoms with E-state index in [-0.39, 0.29) is 11.5 Å². The van der Waals surface area contributed by atoms with Gasteiger partial charge in [-0.05, 0) is 42.8 Å². The minimum Gasteiger partial charge on any atom is -0.497 e. The molecule has 1 fully saturated rings. The molecule has 0 unspecified atom stereocenters. The molecule has 2 aliphatic heterocycles. The van der Waals surface area contributed by atoms with Crippen LogP contribution in [0.25, 0.3) is 6.08 Å². The molecule has 1 amide bonds. The highest BCUT2D eigenvalue weighted by Gasteiger charge is 2.31. The van der Waals surface area contributed by atoms with Crippen molar-refractivity contribution in [1.29, 1.82) is 0 Å². The summed E-state index contributed by atoms with van der Waals surface area (Å²) in [5.41, 5.74) is 1.88. The van der Waals surface area contributed by atoms with E-state index in [1.165, 1.54) is 0 Å². The van der Waals surface area contributed by atoms with Crippen molar-refractivity contribution in [2.75, 3.05) is 33.4 Å². The van der Waals surface area contributed by atoms with Gasteiger partial charge in [-0.3, -0.25) is 4.79 Å². The number of carbonyl (C=O) groups is 2. The van der Waals surface area contributed by atoms with E-state index in [0.717, 1.165) is 11.3 Å². The van der Waals surface area contributed by atoms with Gasteiger partial charge in [-0.25, -0.2) is 4.79 Å². The van der Waals surface area contributed by atoms with Crippen molar-refractivity contribution in [3.05, 3.63) is 58.8 Å². The lowest BCUT2D eigenvalue weighted by atomic mass is 10.1. The van der Waals surface area contributed by atoms with E-state index in [2.05, 4.69) is 0 Å². The van der Waals surface area contributed by atoms with Gasteiger partial charge in [0.05, 0.1) is 25.9 Å². The lowest BCUT2D eigenvalue weighted by Crippen LogP contribution is -2.42. The van der Waals surface area contributed by atoms with Gasteiger partial charge in [0.1, 0.15) is 17.2 Å². The summed E-state index contributed by atoms with van der Waals surface area (Å²) in [5, 5.41) is 0. The molecule has 2 aliphatic rings. The smallest absolute Gasteiger partial charge is 0.415 e. The highest BCUT2D eigenvalue weighted by Crippen LogP contribution is 2.39. The minimum atomic E-state index is -0.435. The van der Waals surface area contributed by atoms with E-state index in [0.29, 0.717) is 48.9 Å². The second-order valence-electron chi connectivity index (χ2n) is 6.75. The van der Waals surface area contributed by atoms with Gasteiger partial charge >= 0.3 is 6.09 Å². The van der Waals surface area contributed by atoms with E-state index in [4.69, 9.17) is 18.9 Å². The molecule has 0 aromatic heterocycles. The van der Waals surface area contributed by atoms with Gasteiger partial charge in [-0.2, -0.15) is 0 Å². The van der Waals surface area contributed by atoms with Crippen LogP contribution in [0.4, 0.5) is 4.79 Å². The molecule has 0 aliphatic carbocycles. The van der Waals surface area contributed by atoms with Gasteiger partial charge in [0, 0.05) is 18.7 Å². The van der Waals surface area contributed by atoms with Crippen molar-refractivity contribution in [1.82, 2.24) is 4.90 Å². The average molecular weight is 395 g/mol. The summed E-state index contributed by atoms with van der Waals surface area (Å²) in [4.78, 5) is 26.7. The molecule has 0 N–H and O–H groups in total. The van der Waals surface area contributed by atoms with Crippen LogP contribution in [0.5, 0.6) is 17.2 Å². The highest BCUT2D eigenvalue weighted by atomic mass is 16.6. The number of rotatable bonds is 3. The molecule has 2 heterocycles. The maximum atomic E-state index is 12.7. The fraction of sp³-hybridized carbons (Fsp3) is 0.273. The van der Waals surface area contributed by atoms with Crippen molar-refractivity contribution in [3.8, 4) is 17.2 Å². The number of amides is 1. The third-order valence-corrected chi connectivity index (χ3v) is 4.92. The Morgan fingerprint density at radius 3 is 2.52 bits per heavy atom. The second kappa shape index (κ2) is 7.97. The van der Waals surface area contributed by atoms with Crippen LogP contribution in [0.15, 0.2) is 42.2 Å². The lowest BCUT2D eigenvalue weighted by molar-refractivity contribution is 0.0415. The zero-order chi connectivity index (χ0) is 20.4. The van der Waals surface area contributed by atoms with Crippen molar-refractivity contribution in [2.24, 2.45) is 0 Å². The number of fused-ring (bicyclic) bond motifs is 1. The number of methoxy groups -OCH3 is 1. The van der Waals surface area contributed by atoms with E-state index in [1.54, 1.807) is 37.1 Å². The highest BCUT2D eigenvalue weighted by molar-refractivity contribution is 6.15. The topological polar surface area (TPSA) is 74.3 Å². The maximum absolute atomic E-state index is 12.7. The first-order valence-electron chi connectivity index (χ1n) is 9.33. The quantitative estimate of drug-likeness (QED) is 0.741. The zero-order valence-electron chi connectivity index (χ0n) is 16.3. The number of hydrogen-bond acceptors (Lipinski definition) is 6. The van der Waals surface area contributed by atoms with E-state index in [9.17, 15) is 9.59 Å². The van der Waals surface area contributed by atoms with Gasteiger partial charge in [-0.15, -0.1) is 0 Å². The Kier molecular flexibility index (Phi) is 5.22. The predicted octanol–water partition coefficient (Wildman–Crippen LogP) is 3.45. The number of hydrogen-bond donors (Lipinski definition) is 0. The summed E-state index contributed by atoms with van der Waals surface area (Å²) in [5.74, 6) is 1.55. The molecule has 7 nitrogen and oxygen atoms in total. The molecule has 29 heavy (non-hydrogen) atoms. The molecule has 0 atom stereocenters. The Labute approximate surface area is 168 Å². The summed E-state index contributed by atoms with van der Waals surface area (Å²) in [7, 11) is 1.60. The summed E-state index contributed by atoms with van der Waals surface area (Å²) >= 11 is 0. The molecular formula is C22H21NO6. The summed E-state index contributed by atoms with van der Waals surface area (Å²) < 4.78 is 21.8. The van der Waals surface area contributed by atoms with Crippen LogP contribution >= 0.6 is 0 Å². The molecule has 2 aromatic rings. The first-order valence-corrected chi connectivity index (χ1v) is 9.33. The van der Waals surface area contributed by atoms with Gasteiger partial charge in [0.2, 0.25) is 5.78 Å². The Morgan fingerprint density at radius 1 is 1.10 bits per heavy atom. The summed E-state index contributed by atoms with van der Waals surface area (Å²) in [6.45, 7) is 3.74. The van der Waals surface area contributed by atoms with Crippen molar-refractivity contribution < 1.29 is 28.5 Å². The van der Waals surface area contributed by atoms with Crippen LogP contribution in [-0.4, -0.2) is 50.2 Å². The van der Waals surface area contributed by atoms with Crippen molar-refractivity contribution in [3.63, 3.8) is 0 Å². The normalized spacial score (nSPS) is 17.1. The average Bonchev–Trinajstić information content (AvgIpc) is 3.07. The first kappa shape index (κ1) is 19.0. The Balaban J connectivity index is 1.54. The Hall–Kier alpha value is -3.32.